The third-order valence-electron chi connectivity index (χ3n) is 2.20. The molecule has 0 radical (unpaired) electrons. The fraction of sp³-hybridized carbons (Fsp3) is 0.667. The number of hydrogen-bond acceptors (Lipinski definition) is 3. The van der Waals surface area contributed by atoms with Crippen LogP contribution in [0.4, 0.5) is 0 Å². The van der Waals surface area contributed by atoms with Crippen molar-refractivity contribution in [3.63, 3.8) is 0 Å². The van der Waals surface area contributed by atoms with Crippen molar-refractivity contribution in [1.82, 2.24) is 4.98 Å². The Morgan fingerprint density at radius 1 is 1.58 bits per heavy atom. The van der Waals surface area contributed by atoms with Crippen molar-refractivity contribution in [2.24, 2.45) is 0 Å². The molecule has 2 rings (SSSR count). The van der Waals surface area contributed by atoms with E-state index in [4.69, 9.17) is 5.11 Å². The third-order valence-corrected chi connectivity index (χ3v) is 3.44. The number of nitrogens with zero attached hydrogens (tertiary/aromatic N) is 1. The molecule has 1 aliphatic carbocycles. The quantitative estimate of drug-likeness (QED) is 0.778. The molecule has 2 nitrogen and oxygen atoms in total. The topological polar surface area (TPSA) is 33.1 Å². The van der Waals surface area contributed by atoms with Gasteiger partial charge in [-0.3, -0.25) is 0 Å². The molecule has 0 unspecified atom stereocenters. The molecular formula is C9H13NOS. The summed E-state index contributed by atoms with van der Waals surface area (Å²) in [6, 6.07) is 0. The van der Waals surface area contributed by atoms with Crippen LogP contribution in [0.1, 0.15) is 41.3 Å². The van der Waals surface area contributed by atoms with E-state index in [0.717, 1.165) is 22.9 Å². The highest BCUT2D eigenvalue weighted by Gasteiger charge is 2.27. The van der Waals surface area contributed by atoms with Crippen molar-refractivity contribution in [2.75, 3.05) is 0 Å². The Bertz CT molecular complexity index is 257. The maximum atomic E-state index is 9.04. The zero-order valence-corrected chi connectivity index (χ0v) is 8.02. The van der Waals surface area contributed by atoms with Crippen LogP contribution in [0.15, 0.2) is 0 Å². The first kappa shape index (κ1) is 8.20. The molecule has 1 aromatic rings. The zero-order chi connectivity index (χ0) is 8.55. The Labute approximate surface area is 76.3 Å². The van der Waals surface area contributed by atoms with E-state index in [-0.39, 0.29) is 6.61 Å². The molecule has 1 saturated carbocycles. The van der Waals surface area contributed by atoms with Crippen molar-refractivity contribution < 1.29 is 5.11 Å². The van der Waals surface area contributed by atoms with Crippen molar-refractivity contribution in [3.05, 3.63) is 15.6 Å². The predicted octanol–water partition coefficient (Wildman–Crippen LogP) is 2.08. The molecule has 0 bridgehead atoms. The molecule has 0 amide bonds. The van der Waals surface area contributed by atoms with Crippen LogP contribution < -0.4 is 0 Å². The fourth-order valence-electron chi connectivity index (χ4n) is 1.31. The van der Waals surface area contributed by atoms with Crippen LogP contribution >= 0.6 is 11.3 Å². The van der Waals surface area contributed by atoms with E-state index < -0.39 is 0 Å². The SMILES string of the molecule is CCc1nc(C2CC2)sc1CO. The molecule has 3 heteroatoms. The minimum atomic E-state index is 0.160. The van der Waals surface area contributed by atoms with E-state index in [1.165, 1.54) is 17.8 Å². The van der Waals surface area contributed by atoms with Gasteiger partial charge >= 0.3 is 0 Å². The Balaban J connectivity index is 2.27. The van der Waals surface area contributed by atoms with E-state index in [0.29, 0.717) is 0 Å². The van der Waals surface area contributed by atoms with Gasteiger partial charge in [0.05, 0.1) is 22.2 Å². The van der Waals surface area contributed by atoms with Gasteiger partial charge in [0.25, 0.3) is 0 Å². The summed E-state index contributed by atoms with van der Waals surface area (Å²) in [5, 5.41) is 10.3. The monoisotopic (exact) mass is 183 g/mol. The number of aryl methyl sites for hydroxylation is 1. The first-order valence-corrected chi connectivity index (χ1v) is 5.26. The second-order valence-electron chi connectivity index (χ2n) is 3.21. The highest BCUT2D eigenvalue weighted by Crippen LogP contribution is 2.42. The fourth-order valence-corrected chi connectivity index (χ4v) is 2.49. The normalized spacial score (nSPS) is 16.8. The van der Waals surface area contributed by atoms with Crippen LogP contribution in [0.25, 0.3) is 0 Å². The van der Waals surface area contributed by atoms with Crippen molar-refractivity contribution in [2.45, 2.75) is 38.7 Å². The van der Waals surface area contributed by atoms with Crippen LogP contribution in [0.2, 0.25) is 0 Å². The van der Waals surface area contributed by atoms with Crippen molar-refractivity contribution >= 4 is 11.3 Å². The average molecular weight is 183 g/mol. The standard InChI is InChI=1S/C9H13NOS/c1-2-7-8(5-11)12-9(10-7)6-3-4-6/h6,11H,2-5H2,1H3. The molecule has 12 heavy (non-hydrogen) atoms. The number of aromatic nitrogens is 1. The zero-order valence-electron chi connectivity index (χ0n) is 7.21. The van der Waals surface area contributed by atoms with Gasteiger partial charge in [-0.25, -0.2) is 4.98 Å². The minimum absolute atomic E-state index is 0.160. The second-order valence-corrected chi connectivity index (χ2v) is 4.32. The van der Waals surface area contributed by atoms with Crippen LogP contribution in [0.5, 0.6) is 0 Å². The summed E-state index contributed by atoms with van der Waals surface area (Å²) in [6.07, 6.45) is 3.53. The summed E-state index contributed by atoms with van der Waals surface area (Å²) in [6.45, 7) is 2.25. The highest BCUT2D eigenvalue weighted by molar-refractivity contribution is 7.11. The van der Waals surface area contributed by atoms with E-state index in [9.17, 15) is 0 Å². The van der Waals surface area contributed by atoms with Gasteiger partial charge in [-0.1, -0.05) is 6.92 Å². The van der Waals surface area contributed by atoms with Gasteiger partial charge in [0, 0.05) is 5.92 Å². The van der Waals surface area contributed by atoms with Gasteiger partial charge in [-0.15, -0.1) is 11.3 Å². The second kappa shape index (κ2) is 3.15. The number of hydrogen-bond donors (Lipinski definition) is 1. The van der Waals surface area contributed by atoms with Crippen LogP contribution in [0.3, 0.4) is 0 Å². The molecule has 1 aromatic heterocycles. The Kier molecular flexibility index (Phi) is 2.15. The van der Waals surface area contributed by atoms with E-state index in [1.54, 1.807) is 11.3 Å². The number of aliphatic hydroxyl groups is 1. The van der Waals surface area contributed by atoms with E-state index in [2.05, 4.69) is 11.9 Å². The van der Waals surface area contributed by atoms with Gasteiger partial charge in [0.2, 0.25) is 0 Å². The predicted molar refractivity (Wildman–Crippen MR) is 49.4 cm³/mol. The van der Waals surface area contributed by atoms with Gasteiger partial charge in [-0.05, 0) is 19.3 Å². The van der Waals surface area contributed by atoms with Gasteiger partial charge < -0.3 is 5.11 Å². The first-order chi connectivity index (χ1) is 5.85. The smallest absolute Gasteiger partial charge is 0.0962 e. The molecule has 1 N–H and O–H groups in total. The van der Waals surface area contributed by atoms with Crippen molar-refractivity contribution in [1.29, 1.82) is 0 Å². The summed E-state index contributed by atoms with van der Waals surface area (Å²) < 4.78 is 0. The number of aliphatic hydroxyl groups excluding tert-OH is 1. The molecule has 0 aromatic carbocycles. The number of thiazole rings is 1. The molecule has 1 fully saturated rings. The van der Waals surface area contributed by atoms with Crippen LogP contribution in [-0.2, 0) is 13.0 Å². The van der Waals surface area contributed by atoms with Gasteiger partial charge in [-0.2, -0.15) is 0 Å². The molecule has 0 spiro atoms. The summed E-state index contributed by atoms with van der Waals surface area (Å²) in [4.78, 5) is 5.59. The number of rotatable bonds is 3. The highest BCUT2D eigenvalue weighted by atomic mass is 32.1. The Morgan fingerprint density at radius 2 is 2.33 bits per heavy atom. The Morgan fingerprint density at radius 3 is 2.75 bits per heavy atom. The minimum Gasteiger partial charge on any atom is -0.391 e. The molecule has 0 saturated heterocycles. The van der Waals surface area contributed by atoms with E-state index >= 15 is 0 Å². The van der Waals surface area contributed by atoms with E-state index in [1.807, 2.05) is 0 Å². The summed E-state index contributed by atoms with van der Waals surface area (Å²) in [5.74, 6) is 0.723. The molecule has 0 atom stereocenters. The largest absolute Gasteiger partial charge is 0.391 e. The summed E-state index contributed by atoms with van der Waals surface area (Å²) >= 11 is 1.69. The third kappa shape index (κ3) is 1.39. The first-order valence-electron chi connectivity index (χ1n) is 4.44. The van der Waals surface area contributed by atoms with Gasteiger partial charge in [0.15, 0.2) is 0 Å². The maximum Gasteiger partial charge on any atom is 0.0962 e. The average Bonchev–Trinajstić information content (AvgIpc) is 2.85. The summed E-state index contributed by atoms with van der Waals surface area (Å²) in [5.41, 5.74) is 1.10. The lowest BCUT2D eigenvalue weighted by atomic mass is 10.3. The molecule has 1 aliphatic rings. The van der Waals surface area contributed by atoms with Gasteiger partial charge in [0.1, 0.15) is 0 Å². The molecular weight excluding hydrogens is 170 g/mol. The lowest BCUT2D eigenvalue weighted by molar-refractivity contribution is 0.284. The summed E-state index contributed by atoms with van der Waals surface area (Å²) in [7, 11) is 0. The lowest BCUT2D eigenvalue weighted by Gasteiger charge is -1.90. The molecule has 66 valence electrons. The lowest BCUT2D eigenvalue weighted by Crippen LogP contribution is -1.87. The van der Waals surface area contributed by atoms with Crippen LogP contribution in [0, 0.1) is 0 Å². The van der Waals surface area contributed by atoms with Crippen molar-refractivity contribution in [3.8, 4) is 0 Å². The Hall–Kier alpha value is -0.410. The molecule has 1 heterocycles. The molecule has 0 aliphatic heterocycles. The maximum absolute atomic E-state index is 9.04. The van der Waals surface area contributed by atoms with Crippen LogP contribution in [-0.4, -0.2) is 10.1 Å².